The summed E-state index contributed by atoms with van der Waals surface area (Å²) < 4.78 is 5.09. The molecule has 6 heteroatoms. The third-order valence-electron chi connectivity index (χ3n) is 3.00. The molecule has 0 saturated carbocycles. The van der Waals surface area contributed by atoms with Crippen LogP contribution in [0.15, 0.2) is 0 Å². The second kappa shape index (κ2) is 3.46. The summed E-state index contributed by atoms with van der Waals surface area (Å²) in [5.41, 5.74) is 4.94. The van der Waals surface area contributed by atoms with Gasteiger partial charge in [-0.05, 0) is 6.42 Å². The highest BCUT2D eigenvalue weighted by Gasteiger charge is 2.46. The molecule has 0 aromatic rings. The minimum Gasteiger partial charge on any atom is -0.481 e. The number of rotatable bonds is 2. The quantitative estimate of drug-likeness (QED) is 0.592. The summed E-state index contributed by atoms with van der Waals surface area (Å²) in [5.74, 6) is -1.47. The summed E-state index contributed by atoms with van der Waals surface area (Å²) in [6, 6.07) is 0. The molecule has 0 aliphatic carbocycles. The van der Waals surface area contributed by atoms with Crippen molar-refractivity contribution in [2.45, 2.75) is 12.0 Å². The Morgan fingerprint density at radius 1 is 1.47 bits per heavy atom. The molecule has 2 saturated heterocycles. The minimum absolute atomic E-state index is 0.183. The summed E-state index contributed by atoms with van der Waals surface area (Å²) in [6.45, 7) is 1.28. The third kappa shape index (κ3) is 1.70. The fourth-order valence-electron chi connectivity index (χ4n) is 1.86. The van der Waals surface area contributed by atoms with Crippen molar-refractivity contribution in [3.05, 3.63) is 0 Å². The van der Waals surface area contributed by atoms with Gasteiger partial charge in [-0.25, -0.2) is 0 Å². The molecular formula is C9H14N2O4. The Balaban J connectivity index is 1.91. The lowest BCUT2D eigenvalue weighted by molar-refractivity contribution is -0.155. The van der Waals surface area contributed by atoms with Crippen LogP contribution in [-0.2, 0) is 14.3 Å². The second-order valence-corrected chi connectivity index (χ2v) is 4.20. The molecule has 1 amide bonds. The van der Waals surface area contributed by atoms with Crippen LogP contribution in [0.2, 0.25) is 0 Å². The van der Waals surface area contributed by atoms with E-state index in [4.69, 9.17) is 15.6 Å². The predicted molar refractivity (Wildman–Crippen MR) is 50.1 cm³/mol. The summed E-state index contributed by atoms with van der Waals surface area (Å²) in [7, 11) is 0. The Bertz CT molecular complexity index is 292. The van der Waals surface area contributed by atoms with E-state index in [1.165, 1.54) is 4.90 Å². The van der Waals surface area contributed by atoms with E-state index in [1.807, 2.05) is 0 Å². The molecule has 3 N–H and O–H groups in total. The zero-order valence-corrected chi connectivity index (χ0v) is 8.31. The fraction of sp³-hybridized carbons (Fsp3) is 0.778. The van der Waals surface area contributed by atoms with E-state index in [2.05, 4.69) is 0 Å². The Morgan fingerprint density at radius 3 is 2.60 bits per heavy atom. The molecule has 84 valence electrons. The number of amides is 1. The number of carboxylic acid groups (broad SMARTS) is 1. The number of nitrogens with two attached hydrogens (primary N) is 1. The van der Waals surface area contributed by atoms with Gasteiger partial charge in [-0.2, -0.15) is 0 Å². The van der Waals surface area contributed by atoms with Crippen molar-refractivity contribution >= 4 is 11.9 Å². The number of carbonyl (C=O) groups excluding carboxylic acids is 1. The molecular weight excluding hydrogens is 200 g/mol. The van der Waals surface area contributed by atoms with Crippen LogP contribution in [0.3, 0.4) is 0 Å². The lowest BCUT2D eigenvalue weighted by Crippen LogP contribution is -2.63. The van der Waals surface area contributed by atoms with E-state index < -0.39 is 17.4 Å². The van der Waals surface area contributed by atoms with Gasteiger partial charge in [0.05, 0.1) is 12.5 Å². The van der Waals surface area contributed by atoms with Gasteiger partial charge in [-0.3, -0.25) is 9.59 Å². The SMILES string of the molecule is NC1(C(=O)N2CC(C(=O)O)C2)CCOC1. The molecule has 0 aromatic carbocycles. The van der Waals surface area contributed by atoms with E-state index >= 15 is 0 Å². The number of carbonyl (C=O) groups is 2. The van der Waals surface area contributed by atoms with Crippen molar-refractivity contribution in [2.75, 3.05) is 26.3 Å². The maximum Gasteiger partial charge on any atom is 0.310 e. The molecule has 0 bridgehead atoms. The van der Waals surface area contributed by atoms with Crippen molar-refractivity contribution in [3.8, 4) is 0 Å². The van der Waals surface area contributed by atoms with Gasteiger partial charge >= 0.3 is 5.97 Å². The first kappa shape index (κ1) is 10.4. The molecule has 1 unspecified atom stereocenters. The van der Waals surface area contributed by atoms with Crippen molar-refractivity contribution in [2.24, 2.45) is 11.7 Å². The molecule has 0 spiro atoms. The molecule has 0 aromatic heterocycles. The van der Waals surface area contributed by atoms with E-state index in [0.29, 0.717) is 13.0 Å². The Hall–Kier alpha value is -1.14. The first-order valence-electron chi connectivity index (χ1n) is 4.92. The lowest BCUT2D eigenvalue weighted by atomic mass is 9.93. The van der Waals surface area contributed by atoms with Gasteiger partial charge in [0.2, 0.25) is 5.91 Å². The number of carboxylic acids is 1. The number of ether oxygens (including phenoxy) is 1. The summed E-state index contributed by atoms with van der Waals surface area (Å²) in [6.07, 6.45) is 0.514. The normalized spacial score (nSPS) is 31.4. The molecule has 2 aliphatic heterocycles. The first-order valence-corrected chi connectivity index (χ1v) is 4.92. The molecule has 2 rings (SSSR count). The number of hydrogen-bond donors (Lipinski definition) is 2. The smallest absolute Gasteiger partial charge is 0.310 e. The van der Waals surface area contributed by atoms with Crippen LogP contribution in [0.5, 0.6) is 0 Å². The summed E-state index contributed by atoms with van der Waals surface area (Å²) >= 11 is 0. The van der Waals surface area contributed by atoms with Gasteiger partial charge in [0, 0.05) is 19.7 Å². The van der Waals surface area contributed by atoms with Gasteiger partial charge in [0.25, 0.3) is 0 Å². The van der Waals surface area contributed by atoms with Crippen molar-refractivity contribution in [3.63, 3.8) is 0 Å². The second-order valence-electron chi connectivity index (χ2n) is 4.20. The zero-order chi connectivity index (χ0) is 11.1. The van der Waals surface area contributed by atoms with Crippen molar-refractivity contribution in [1.82, 2.24) is 4.90 Å². The Kier molecular flexibility index (Phi) is 2.40. The van der Waals surface area contributed by atoms with Crippen LogP contribution in [0.4, 0.5) is 0 Å². The van der Waals surface area contributed by atoms with Crippen LogP contribution >= 0.6 is 0 Å². The van der Waals surface area contributed by atoms with E-state index in [0.717, 1.165) is 0 Å². The topological polar surface area (TPSA) is 92.9 Å². The highest BCUT2D eigenvalue weighted by molar-refractivity contribution is 5.88. The highest BCUT2D eigenvalue weighted by atomic mass is 16.5. The molecule has 0 radical (unpaired) electrons. The molecule has 6 nitrogen and oxygen atoms in total. The molecule has 2 fully saturated rings. The number of hydrogen-bond acceptors (Lipinski definition) is 4. The van der Waals surface area contributed by atoms with Crippen LogP contribution in [0.25, 0.3) is 0 Å². The van der Waals surface area contributed by atoms with E-state index in [-0.39, 0.29) is 25.6 Å². The largest absolute Gasteiger partial charge is 0.481 e. The number of nitrogens with zero attached hydrogens (tertiary/aromatic N) is 1. The minimum atomic E-state index is -0.927. The molecule has 1 atom stereocenters. The fourth-order valence-corrected chi connectivity index (χ4v) is 1.86. The van der Waals surface area contributed by atoms with Gasteiger partial charge < -0.3 is 20.5 Å². The monoisotopic (exact) mass is 214 g/mol. The highest BCUT2D eigenvalue weighted by Crippen LogP contribution is 2.24. The van der Waals surface area contributed by atoms with E-state index in [1.54, 1.807) is 0 Å². The maximum absolute atomic E-state index is 11.8. The Morgan fingerprint density at radius 2 is 2.13 bits per heavy atom. The van der Waals surface area contributed by atoms with Crippen molar-refractivity contribution in [1.29, 1.82) is 0 Å². The lowest BCUT2D eigenvalue weighted by Gasteiger charge is -2.40. The van der Waals surface area contributed by atoms with Crippen LogP contribution < -0.4 is 5.73 Å². The first-order chi connectivity index (χ1) is 7.03. The number of aliphatic carboxylic acids is 1. The zero-order valence-electron chi connectivity index (χ0n) is 8.31. The van der Waals surface area contributed by atoms with Gasteiger partial charge in [0.15, 0.2) is 0 Å². The molecule has 2 aliphatic rings. The van der Waals surface area contributed by atoms with Crippen LogP contribution in [-0.4, -0.2) is 53.7 Å². The van der Waals surface area contributed by atoms with Crippen LogP contribution in [0.1, 0.15) is 6.42 Å². The predicted octanol–water partition coefficient (Wildman–Crippen LogP) is -1.35. The molecule has 15 heavy (non-hydrogen) atoms. The van der Waals surface area contributed by atoms with Gasteiger partial charge in [-0.15, -0.1) is 0 Å². The van der Waals surface area contributed by atoms with Crippen molar-refractivity contribution < 1.29 is 19.4 Å². The average Bonchev–Trinajstić information content (AvgIpc) is 2.49. The van der Waals surface area contributed by atoms with Gasteiger partial charge in [-0.1, -0.05) is 0 Å². The maximum atomic E-state index is 11.8. The van der Waals surface area contributed by atoms with Crippen LogP contribution in [0, 0.1) is 5.92 Å². The summed E-state index contributed by atoms with van der Waals surface area (Å²) in [5, 5.41) is 8.67. The third-order valence-corrected chi connectivity index (χ3v) is 3.00. The van der Waals surface area contributed by atoms with E-state index in [9.17, 15) is 9.59 Å². The molecule has 2 heterocycles. The van der Waals surface area contributed by atoms with Gasteiger partial charge in [0.1, 0.15) is 5.54 Å². The number of likely N-dealkylation sites (tertiary alicyclic amines) is 1. The summed E-state index contributed by atoms with van der Waals surface area (Å²) in [4.78, 5) is 23.9. The Labute approximate surface area is 87.0 Å². The standard InChI is InChI=1S/C9H14N2O4/c10-9(1-2-15-5-9)8(14)11-3-6(4-11)7(12)13/h6H,1-5,10H2,(H,12,13). The average molecular weight is 214 g/mol.